The van der Waals surface area contributed by atoms with Crippen LogP contribution >= 0.6 is 15.9 Å². The fourth-order valence-corrected chi connectivity index (χ4v) is 4.34. The number of aliphatic hydroxyl groups is 1. The van der Waals surface area contributed by atoms with Gasteiger partial charge in [-0.05, 0) is 24.1 Å². The molecular formula is C13H18BrNO3S. The highest BCUT2D eigenvalue weighted by Crippen LogP contribution is 2.35. The lowest BCUT2D eigenvalue weighted by atomic mass is 9.85. The van der Waals surface area contributed by atoms with Crippen LogP contribution < -0.4 is 0 Å². The van der Waals surface area contributed by atoms with Gasteiger partial charge in [0.15, 0.2) is 0 Å². The number of rotatable bonds is 5. The van der Waals surface area contributed by atoms with Crippen LogP contribution in [0.3, 0.4) is 0 Å². The Balaban J connectivity index is 2.16. The summed E-state index contributed by atoms with van der Waals surface area (Å²) in [6.07, 6.45) is 0.890. The van der Waals surface area contributed by atoms with Crippen molar-refractivity contribution < 1.29 is 13.5 Å². The van der Waals surface area contributed by atoms with Crippen LogP contribution in [-0.2, 0) is 16.4 Å². The van der Waals surface area contributed by atoms with E-state index in [1.165, 1.54) is 4.31 Å². The predicted molar refractivity (Wildman–Crippen MR) is 77.9 cm³/mol. The molecule has 1 saturated heterocycles. The minimum absolute atomic E-state index is 0.000950. The van der Waals surface area contributed by atoms with Gasteiger partial charge in [0.2, 0.25) is 10.0 Å². The van der Waals surface area contributed by atoms with Gasteiger partial charge in [-0.25, -0.2) is 8.42 Å². The minimum Gasteiger partial charge on any atom is -0.396 e. The summed E-state index contributed by atoms with van der Waals surface area (Å²) in [5.41, 5.74) is 0.795. The zero-order valence-corrected chi connectivity index (χ0v) is 13.2. The van der Waals surface area contributed by atoms with Crippen LogP contribution in [0, 0.1) is 5.41 Å². The molecule has 0 radical (unpaired) electrons. The number of halogens is 1. The summed E-state index contributed by atoms with van der Waals surface area (Å²) in [6, 6.07) is 7.00. The summed E-state index contributed by atoms with van der Waals surface area (Å²) in [5.74, 6) is 0. The standard InChI is InChI=1S/C13H18BrNO3S/c1-2-11-3-5-12(6-4-11)19(17,18)15-8-13(7-14,9-15)10-16/h3-6,16H,2,7-10H2,1H3. The third-order valence-electron chi connectivity index (χ3n) is 3.61. The van der Waals surface area contributed by atoms with Gasteiger partial charge in [-0.2, -0.15) is 4.31 Å². The number of hydrogen-bond donors (Lipinski definition) is 1. The van der Waals surface area contributed by atoms with Gasteiger partial charge in [-0.1, -0.05) is 35.0 Å². The molecule has 4 nitrogen and oxygen atoms in total. The number of sulfonamides is 1. The van der Waals surface area contributed by atoms with Crippen LogP contribution in [-0.4, -0.2) is 42.9 Å². The molecule has 1 aromatic rings. The first-order valence-electron chi connectivity index (χ1n) is 6.23. The molecule has 1 fully saturated rings. The zero-order valence-electron chi connectivity index (χ0n) is 10.8. The summed E-state index contributed by atoms with van der Waals surface area (Å²) < 4.78 is 26.1. The number of hydrogen-bond acceptors (Lipinski definition) is 3. The van der Waals surface area contributed by atoms with E-state index in [-0.39, 0.29) is 12.0 Å². The fraction of sp³-hybridized carbons (Fsp3) is 0.538. The second-order valence-electron chi connectivity index (χ2n) is 5.06. The predicted octanol–water partition coefficient (Wildman–Crippen LogP) is 1.63. The molecule has 1 aliphatic rings. The van der Waals surface area contributed by atoms with Gasteiger partial charge in [0.05, 0.1) is 11.5 Å². The maximum Gasteiger partial charge on any atom is 0.243 e. The lowest BCUT2D eigenvalue weighted by molar-refractivity contribution is 0.0309. The topological polar surface area (TPSA) is 57.6 Å². The Morgan fingerprint density at radius 1 is 1.32 bits per heavy atom. The molecular weight excluding hydrogens is 330 g/mol. The van der Waals surface area contributed by atoms with Crippen molar-refractivity contribution in [2.75, 3.05) is 25.0 Å². The first-order chi connectivity index (χ1) is 8.97. The van der Waals surface area contributed by atoms with Crippen LogP contribution in [0.25, 0.3) is 0 Å². The molecule has 6 heteroatoms. The Morgan fingerprint density at radius 3 is 2.32 bits per heavy atom. The molecule has 1 aromatic carbocycles. The SMILES string of the molecule is CCc1ccc(S(=O)(=O)N2CC(CO)(CBr)C2)cc1. The third-order valence-corrected chi connectivity index (χ3v) is 6.61. The van der Waals surface area contributed by atoms with Crippen molar-refractivity contribution in [1.82, 2.24) is 4.31 Å². The van der Waals surface area contributed by atoms with Crippen molar-refractivity contribution in [3.63, 3.8) is 0 Å². The molecule has 0 saturated carbocycles. The maximum atomic E-state index is 12.4. The van der Waals surface area contributed by atoms with Crippen LogP contribution in [0.1, 0.15) is 12.5 Å². The van der Waals surface area contributed by atoms with E-state index in [2.05, 4.69) is 15.9 Å². The van der Waals surface area contributed by atoms with Crippen molar-refractivity contribution in [3.05, 3.63) is 29.8 Å². The molecule has 0 spiro atoms. The molecule has 0 bridgehead atoms. The van der Waals surface area contributed by atoms with Crippen molar-refractivity contribution in [2.24, 2.45) is 5.41 Å². The Bertz CT molecular complexity index is 530. The van der Waals surface area contributed by atoms with Gasteiger partial charge in [0.25, 0.3) is 0 Å². The molecule has 1 heterocycles. The normalized spacial score (nSPS) is 19.1. The highest BCUT2D eigenvalue weighted by molar-refractivity contribution is 9.09. The number of nitrogens with zero attached hydrogens (tertiary/aromatic N) is 1. The minimum atomic E-state index is -3.42. The lowest BCUT2D eigenvalue weighted by Crippen LogP contribution is -2.60. The van der Waals surface area contributed by atoms with Crippen LogP contribution in [0.2, 0.25) is 0 Å². The third kappa shape index (κ3) is 2.72. The molecule has 0 atom stereocenters. The summed E-state index contributed by atoms with van der Waals surface area (Å²) in [6.45, 7) is 2.77. The van der Waals surface area contributed by atoms with Gasteiger partial charge >= 0.3 is 0 Å². The van der Waals surface area contributed by atoms with E-state index in [0.29, 0.717) is 23.3 Å². The average Bonchev–Trinajstić information content (AvgIpc) is 2.38. The average molecular weight is 348 g/mol. The molecule has 0 aliphatic carbocycles. The maximum absolute atomic E-state index is 12.4. The van der Waals surface area contributed by atoms with E-state index in [4.69, 9.17) is 0 Å². The second-order valence-corrected chi connectivity index (χ2v) is 7.56. The molecule has 1 aliphatic heterocycles. The Labute approximate surface area is 122 Å². The largest absolute Gasteiger partial charge is 0.396 e. The summed E-state index contributed by atoms with van der Waals surface area (Å²) >= 11 is 3.33. The zero-order chi connectivity index (χ0) is 14.1. The van der Waals surface area contributed by atoms with E-state index in [0.717, 1.165) is 12.0 Å². The first-order valence-corrected chi connectivity index (χ1v) is 8.79. The second kappa shape index (κ2) is 5.52. The van der Waals surface area contributed by atoms with E-state index < -0.39 is 10.0 Å². The summed E-state index contributed by atoms with van der Waals surface area (Å²) in [4.78, 5) is 0.325. The molecule has 0 unspecified atom stereocenters. The van der Waals surface area contributed by atoms with E-state index in [1.807, 2.05) is 19.1 Å². The number of alkyl halides is 1. The Hall–Kier alpha value is -0.430. The number of aliphatic hydroxyl groups excluding tert-OH is 1. The highest BCUT2D eigenvalue weighted by Gasteiger charge is 2.47. The van der Waals surface area contributed by atoms with Gasteiger partial charge < -0.3 is 5.11 Å². The number of aryl methyl sites for hydroxylation is 1. The molecule has 2 rings (SSSR count). The Kier molecular flexibility index (Phi) is 4.35. The molecule has 106 valence electrons. The lowest BCUT2D eigenvalue weighted by Gasteiger charge is -2.47. The van der Waals surface area contributed by atoms with Crippen molar-refractivity contribution in [2.45, 2.75) is 18.2 Å². The van der Waals surface area contributed by atoms with E-state index in [9.17, 15) is 13.5 Å². The monoisotopic (exact) mass is 347 g/mol. The Morgan fingerprint density at radius 2 is 1.89 bits per heavy atom. The van der Waals surface area contributed by atoms with E-state index in [1.54, 1.807) is 12.1 Å². The summed E-state index contributed by atoms with van der Waals surface area (Å²) in [5, 5.41) is 9.92. The molecule has 19 heavy (non-hydrogen) atoms. The van der Waals surface area contributed by atoms with E-state index >= 15 is 0 Å². The van der Waals surface area contributed by atoms with Gasteiger partial charge in [-0.3, -0.25) is 0 Å². The van der Waals surface area contributed by atoms with Crippen LogP contribution in [0.4, 0.5) is 0 Å². The van der Waals surface area contributed by atoms with Gasteiger partial charge in [0.1, 0.15) is 0 Å². The molecule has 0 aromatic heterocycles. The van der Waals surface area contributed by atoms with Crippen molar-refractivity contribution >= 4 is 26.0 Å². The fourth-order valence-electron chi connectivity index (χ4n) is 2.14. The molecule has 1 N–H and O–H groups in total. The smallest absolute Gasteiger partial charge is 0.243 e. The highest BCUT2D eigenvalue weighted by atomic mass is 79.9. The van der Waals surface area contributed by atoms with Crippen LogP contribution in [0.5, 0.6) is 0 Å². The van der Waals surface area contributed by atoms with Crippen LogP contribution in [0.15, 0.2) is 29.2 Å². The number of benzene rings is 1. The van der Waals surface area contributed by atoms with Crippen molar-refractivity contribution in [1.29, 1.82) is 0 Å². The first kappa shape index (κ1) is 15.0. The summed E-state index contributed by atoms with van der Waals surface area (Å²) in [7, 11) is -3.42. The van der Waals surface area contributed by atoms with Crippen molar-refractivity contribution in [3.8, 4) is 0 Å². The quantitative estimate of drug-likeness (QED) is 0.823. The van der Waals surface area contributed by atoms with Gasteiger partial charge in [-0.15, -0.1) is 0 Å². The molecule has 0 amide bonds. The van der Waals surface area contributed by atoms with Gasteiger partial charge in [0, 0.05) is 23.8 Å².